The molecule has 1 atom stereocenters. The number of carbonyl (C=O) groups is 1. The topological polar surface area (TPSA) is 29.1 Å². The minimum absolute atomic E-state index is 0.0386. The van der Waals surface area contributed by atoms with Gasteiger partial charge < -0.3 is 5.32 Å². The summed E-state index contributed by atoms with van der Waals surface area (Å²) in [6, 6.07) is 16.5. The van der Waals surface area contributed by atoms with E-state index in [1.54, 1.807) is 11.8 Å². The standard InChI is InChI=1S/C18H21NOS/c1-13-4-8-16(9-5-13)15(3)19-18(20)12-21-17-10-6-14(2)7-11-17/h4-11,15H,12H2,1-3H3,(H,19,20)/t15-/m1/s1. The second-order valence-corrected chi connectivity index (χ2v) is 6.35. The lowest BCUT2D eigenvalue weighted by Crippen LogP contribution is -2.28. The number of thioether (sulfide) groups is 1. The predicted molar refractivity (Wildman–Crippen MR) is 89.6 cm³/mol. The summed E-state index contributed by atoms with van der Waals surface area (Å²) in [5.41, 5.74) is 3.60. The first-order valence-electron chi connectivity index (χ1n) is 7.10. The van der Waals surface area contributed by atoms with Crippen LogP contribution < -0.4 is 5.32 Å². The summed E-state index contributed by atoms with van der Waals surface area (Å²) in [7, 11) is 0. The highest BCUT2D eigenvalue weighted by molar-refractivity contribution is 8.00. The molecule has 2 nitrogen and oxygen atoms in total. The van der Waals surface area contributed by atoms with Gasteiger partial charge >= 0.3 is 0 Å². The SMILES string of the molecule is Cc1ccc(SCC(=O)N[C@H](C)c2ccc(C)cc2)cc1. The van der Waals surface area contributed by atoms with E-state index in [1.165, 1.54) is 11.1 Å². The zero-order chi connectivity index (χ0) is 15.2. The van der Waals surface area contributed by atoms with Gasteiger partial charge in [-0.25, -0.2) is 0 Å². The minimum atomic E-state index is 0.0386. The lowest BCUT2D eigenvalue weighted by Gasteiger charge is -2.14. The van der Waals surface area contributed by atoms with Gasteiger partial charge in [0.15, 0.2) is 0 Å². The molecule has 0 aliphatic rings. The highest BCUT2D eigenvalue weighted by Crippen LogP contribution is 2.19. The van der Waals surface area contributed by atoms with Gasteiger partial charge in [-0.05, 0) is 38.5 Å². The van der Waals surface area contributed by atoms with E-state index in [4.69, 9.17) is 0 Å². The fraction of sp³-hybridized carbons (Fsp3) is 0.278. The number of benzene rings is 2. The lowest BCUT2D eigenvalue weighted by molar-refractivity contribution is -0.119. The summed E-state index contributed by atoms with van der Waals surface area (Å²) < 4.78 is 0. The molecule has 0 fully saturated rings. The van der Waals surface area contributed by atoms with Crippen LogP contribution in [0.1, 0.15) is 29.7 Å². The van der Waals surface area contributed by atoms with Crippen LogP contribution in [-0.4, -0.2) is 11.7 Å². The molecule has 1 amide bonds. The largest absolute Gasteiger partial charge is 0.349 e. The molecule has 0 saturated heterocycles. The van der Waals surface area contributed by atoms with Gasteiger partial charge in [0, 0.05) is 4.90 Å². The van der Waals surface area contributed by atoms with Crippen LogP contribution in [0, 0.1) is 13.8 Å². The Labute approximate surface area is 131 Å². The number of amides is 1. The van der Waals surface area contributed by atoms with Crippen molar-refractivity contribution >= 4 is 17.7 Å². The number of rotatable bonds is 5. The molecular formula is C18H21NOS. The van der Waals surface area contributed by atoms with Crippen LogP contribution in [-0.2, 0) is 4.79 Å². The molecule has 1 N–H and O–H groups in total. The quantitative estimate of drug-likeness (QED) is 0.835. The van der Waals surface area contributed by atoms with Crippen LogP contribution in [0.5, 0.6) is 0 Å². The predicted octanol–water partition coefficient (Wildman–Crippen LogP) is 4.27. The van der Waals surface area contributed by atoms with Crippen LogP contribution in [0.15, 0.2) is 53.4 Å². The Morgan fingerprint density at radius 1 is 1.00 bits per heavy atom. The maximum absolute atomic E-state index is 12.0. The Kier molecular flexibility index (Phi) is 5.45. The molecule has 21 heavy (non-hydrogen) atoms. The Morgan fingerprint density at radius 2 is 1.52 bits per heavy atom. The first-order valence-corrected chi connectivity index (χ1v) is 8.08. The van der Waals surface area contributed by atoms with E-state index in [0.717, 1.165) is 10.5 Å². The zero-order valence-electron chi connectivity index (χ0n) is 12.7. The van der Waals surface area contributed by atoms with Crippen molar-refractivity contribution in [3.63, 3.8) is 0 Å². The molecule has 0 aliphatic heterocycles. The zero-order valence-corrected chi connectivity index (χ0v) is 13.5. The van der Waals surface area contributed by atoms with Gasteiger partial charge in [0.25, 0.3) is 0 Å². The first-order chi connectivity index (χ1) is 10.0. The van der Waals surface area contributed by atoms with Gasteiger partial charge in [0.1, 0.15) is 0 Å². The normalized spacial score (nSPS) is 12.0. The van der Waals surface area contributed by atoms with Crippen molar-refractivity contribution in [2.24, 2.45) is 0 Å². The van der Waals surface area contributed by atoms with E-state index in [0.29, 0.717) is 5.75 Å². The number of hydrogen-bond acceptors (Lipinski definition) is 2. The molecule has 0 unspecified atom stereocenters. The third kappa shape index (κ3) is 4.94. The van der Waals surface area contributed by atoms with Crippen molar-refractivity contribution < 1.29 is 4.79 Å². The van der Waals surface area contributed by atoms with Crippen molar-refractivity contribution in [2.75, 3.05) is 5.75 Å². The van der Waals surface area contributed by atoms with E-state index in [9.17, 15) is 4.79 Å². The average Bonchev–Trinajstić information content (AvgIpc) is 2.47. The highest BCUT2D eigenvalue weighted by atomic mass is 32.2. The Hall–Kier alpha value is -1.74. The third-order valence-electron chi connectivity index (χ3n) is 3.35. The summed E-state index contributed by atoms with van der Waals surface area (Å²) in [4.78, 5) is 13.1. The molecule has 0 spiro atoms. The number of hydrogen-bond donors (Lipinski definition) is 1. The molecular weight excluding hydrogens is 278 g/mol. The molecule has 2 aromatic rings. The molecule has 0 radical (unpaired) electrons. The Balaban J connectivity index is 1.83. The van der Waals surface area contributed by atoms with Crippen LogP contribution in [0.2, 0.25) is 0 Å². The van der Waals surface area contributed by atoms with E-state index >= 15 is 0 Å². The molecule has 0 heterocycles. The van der Waals surface area contributed by atoms with Crippen LogP contribution in [0.4, 0.5) is 0 Å². The second kappa shape index (κ2) is 7.32. The first kappa shape index (κ1) is 15.6. The van der Waals surface area contributed by atoms with Gasteiger partial charge in [-0.15, -0.1) is 11.8 Å². The third-order valence-corrected chi connectivity index (χ3v) is 4.36. The molecule has 0 saturated carbocycles. The van der Waals surface area contributed by atoms with Gasteiger partial charge in [0.05, 0.1) is 11.8 Å². The molecule has 2 aromatic carbocycles. The molecule has 0 aliphatic carbocycles. The molecule has 110 valence electrons. The molecule has 2 rings (SSSR count). The van der Waals surface area contributed by atoms with Crippen LogP contribution >= 0.6 is 11.8 Å². The van der Waals surface area contributed by atoms with E-state index in [-0.39, 0.29) is 11.9 Å². The van der Waals surface area contributed by atoms with Crippen molar-refractivity contribution in [3.05, 3.63) is 65.2 Å². The van der Waals surface area contributed by atoms with Crippen LogP contribution in [0.3, 0.4) is 0 Å². The van der Waals surface area contributed by atoms with E-state index in [1.807, 2.05) is 6.92 Å². The van der Waals surface area contributed by atoms with Gasteiger partial charge in [-0.3, -0.25) is 4.79 Å². The molecule has 3 heteroatoms. The number of aryl methyl sites for hydroxylation is 2. The lowest BCUT2D eigenvalue weighted by atomic mass is 10.1. The van der Waals surface area contributed by atoms with Crippen molar-refractivity contribution in [1.82, 2.24) is 5.32 Å². The maximum Gasteiger partial charge on any atom is 0.230 e. The molecule has 0 aromatic heterocycles. The van der Waals surface area contributed by atoms with E-state index in [2.05, 4.69) is 67.7 Å². The van der Waals surface area contributed by atoms with Gasteiger partial charge in [-0.2, -0.15) is 0 Å². The number of nitrogens with one attached hydrogen (secondary N) is 1. The highest BCUT2D eigenvalue weighted by Gasteiger charge is 2.09. The fourth-order valence-electron chi connectivity index (χ4n) is 2.00. The van der Waals surface area contributed by atoms with Crippen molar-refractivity contribution in [3.8, 4) is 0 Å². The summed E-state index contributed by atoms with van der Waals surface area (Å²) in [6.45, 7) is 6.13. The maximum atomic E-state index is 12.0. The van der Waals surface area contributed by atoms with Gasteiger partial charge in [0.2, 0.25) is 5.91 Å². The average molecular weight is 299 g/mol. The second-order valence-electron chi connectivity index (χ2n) is 5.30. The summed E-state index contributed by atoms with van der Waals surface area (Å²) in [6.07, 6.45) is 0. The summed E-state index contributed by atoms with van der Waals surface area (Å²) in [5, 5.41) is 3.04. The summed E-state index contributed by atoms with van der Waals surface area (Å²) in [5.74, 6) is 0.507. The van der Waals surface area contributed by atoms with Crippen molar-refractivity contribution in [1.29, 1.82) is 0 Å². The minimum Gasteiger partial charge on any atom is -0.349 e. The van der Waals surface area contributed by atoms with Gasteiger partial charge in [-0.1, -0.05) is 47.5 Å². The van der Waals surface area contributed by atoms with Crippen molar-refractivity contribution in [2.45, 2.75) is 31.7 Å². The number of carbonyl (C=O) groups excluding carboxylic acids is 1. The smallest absolute Gasteiger partial charge is 0.230 e. The monoisotopic (exact) mass is 299 g/mol. The Morgan fingerprint density at radius 3 is 2.10 bits per heavy atom. The molecule has 0 bridgehead atoms. The fourth-order valence-corrected chi connectivity index (χ4v) is 2.71. The van der Waals surface area contributed by atoms with Crippen LogP contribution in [0.25, 0.3) is 0 Å². The Bertz CT molecular complexity index is 590. The van der Waals surface area contributed by atoms with E-state index < -0.39 is 0 Å². The summed E-state index contributed by atoms with van der Waals surface area (Å²) >= 11 is 1.56.